The van der Waals surface area contributed by atoms with E-state index in [4.69, 9.17) is 4.74 Å². The van der Waals surface area contributed by atoms with E-state index >= 15 is 0 Å². The third-order valence-electron chi connectivity index (χ3n) is 5.17. The number of rotatable bonds is 6. The molecule has 8 heteroatoms. The Morgan fingerprint density at radius 1 is 1.29 bits per heavy atom. The molecule has 146 valence electrons. The molecule has 2 aromatic heterocycles. The fourth-order valence-corrected chi connectivity index (χ4v) is 3.64. The summed E-state index contributed by atoms with van der Waals surface area (Å²) < 4.78 is 5.17. The number of fused-ring (bicyclic) bond motifs is 1. The molecule has 1 saturated heterocycles. The average molecular weight is 380 g/mol. The topological polar surface area (TPSA) is 96.0 Å². The van der Waals surface area contributed by atoms with E-state index in [0.29, 0.717) is 18.7 Å². The van der Waals surface area contributed by atoms with Gasteiger partial charge >= 0.3 is 0 Å². The van der Waals surface area contributed by atoms with E-state index in [2.05, 4.69) is 30.2 Å². The number of nitrogens with one attached hydrogen (secondary N) is 2. The van der Waals surface area contributed by atoms with Crippen LogP contribution in [0.15, 0.2) is 36.9 Å². The van der Waals surface area contributed by atoms with Crippen molar-refractivity contribution in [2.24, 2.45) is 5.92 Å². The molecule has 0 saturated carbocycles. The van der Waals surface area contributed by atoms with E-state index in [-0.39, 0.29) is 11.8 Å². The second-order valence-corrected chi connectivity index (χ2v) is 6.97. The van der Waals surface area contributed by atoms with Gasteiger partial charge in [-0.15, -0.1) is 0 Å². The van der Waals surface area contributed by atoms with Crippen molar-refractivity contribution < 1.29 is 9.53 Å². The first-order valence-electron chi connectivity index (χ1n) is 9.54. The zero-order valence-corrected chi connectivity index (χ0v) is 15.9. The van der Waals surface area contributed by atoms with Crippen LogP contribution in [0.3, 0.4) is 0 Å². The van der Waals surface area contributed by atoms with Crippen molar-refractivity contribution in [2.75, 3.05) is 31.6 Å². The highest BCUT2D eigenvalue weighted by Gasteiger charge is 2.27. The van der Waals surface area contributed by atoms with Gasteiger partial charge in [-0.2, -0.15) is 0 Å². The maximum Gasteiger partial charge on any atom is 0.224 e. The summed E-state index contributed by atoms with van der Waals surface area (Å²) in [6.07, 6.45) is 5.79. The third kappa shape index (κ3) is 3.90. The van der Waals surface area contributed by atoms with Crippen LogP contribution in [-0.4, -0.2) is 52.6 Å². The van der Waals surface area contributed by atoms with Crippen molar-refractivity contribution in [1.82, 2.24) is 25.3 Å². The Morgan fingerprint density at radius 3 is 2.96 bits per heavy atom. The number of imidazole rings is 1. The third-order valence-corrected chi connectivity index (χ3v) is 5.17. The summed E-state index contributed by atoms with van der Waals surface area (Å²) in [4.78, 5) is 30.7. The van der Waals surface area contributed by atoms with Gasteiger partial charge in [0.05, 0.1) is 19.4 Å². The number of anilines is 1. The zero-order chi connectivity index (χ0) is 19.3. The second-order valence-electron chi connectivity index (χ2n) is 6.97. The first-order valence-corrected chi connectivity index (χ1v) is 9.54. The van der Waals surface area contributed by atoms with Crippen LogP contribution in [0, 0.1) is 5.92 Å². The van der Waals surface area contributed by atoms with E-state index in [1.54, 1.807) is 13.4 Å². The molecule has 1 amide bonds. The molecule has 1 unspecified atom stereocenters. The minimum absolute atomic E-state index is 0.0439. The van der Waals surface area contributed by atoms with Gasteiger partial charge in [0, 0.05) is 19.6 Å². The lowest BCUT2D eigenvalue weighted by molar-refractivity contribution is -0.125. The number of nitrogens with zero attached hydrogens (tertiary/aromatic N) is 4. The van der Waals surface area contributed by atoms with Gasteiger partial charge in [-0.3, -0.25) is 4.79 Å². The van der Waals surface area contributed by atoms with Gasteiger partial charge in [0.25, 0.3) is 0 Å². The molecule has 0 spiro atoms. The highest BCUT2D eigenvalue weighted by molar-refractivity contribution is 5.84. The molecule has 3 aromatic rings. The Labute approximate surface area is 163 Å². The van der Waals surface area contributed by atoms with E-state index < -0.39 is 0 Å². The average Bonchev–Trinajstić information content (AvgIpc) is 3.23. The molecule has 8 nitrogen and oxygen atoms in total. The molecule has 4 rings (SSSR count). The molecule has 1 atom stereocenters. The number of aromatic amines is 1. The molecule has 1 fully saturated rings. The Morgan fingerprint density at radius 2 is 2.14 bits per heavy atom. The number of H-pyrrole nitrogens is 1. The van der Waals surface area contributed by atoms with Gasteiger partial charge < -0.3 is 19.9 Å². The lowest BCUT2D eigenvalue weighted by Crippen LogP contribution is -2.43. The number of carbonyl (C=O) groups excluding carboxylic acids is 1. The summed E-state index contributed by atoms with van der Waals surface area (Å²) in [5.41, 5.74) is 2.65. The number of hydrogen-bond donors (Lipinski definition) is 2. The van der Waals surface area contributed by atoms with E-state index in [1.807, 2.05) is 24.3 Å². The second kappa shape index (κ2) is 8.24. The molecule has 0 aliphatic carbocycles. The predicted octanol–water partition coefficient (Wildman–Crippen LogP) is 1.94. The summed E-state index contributed by atoms with van der Waals surface area (Å²) in [5, 5.41) is 3.08. The summed E-state index contributed by atoms with van der Waals surface area (Å²) >= 11 is 0. The lowest BCUT2D eigenvalue weighted by atomic mass is 9.97. The minimum atomic E-state index is -0.0439. The Balaban J connectivity index is 1.33. The molecule has 3 heterocycles. The molecular weight excluding hydrogens is 356 g/mol. The van der Waals surface area contributed by atoms with Gasteiger partial charge in [-0.1, -0.05) is 12.1 Å². The van der Waals surface area contributed by atoms with Crippen molar-refractivity contribution >= 4 is 22.9 Å². The smallest absolute Gasteiger partial charge is 0.224 e. The van der Waals surface area contributed by atoms with Crippen LogP contribution < -0.4 is 15.0 Å². The number of benzene rings is 1. The van der Waals surface area contributed by atoms with Gasteiger partial charge in [0.1, 0.15) is 17.6 Å². The van der Waals surface area contributed by atoms with Gasteiger partial charge in [0.2, 0.25) is 5.91 Å². The minimum Gasteiger partial charge on any atom is -0.497 e. The molecule has 1 aliphatic heterocycles. The van der Waals surface area contributed by atoms with Crippen LogP contribution in [0.4, 0.5) is 5.82 Å². The Kier molecular flexibility index (Phi) is 5.36. The number of ether oxygens (including phenoxy) is 1. The number of methoxy groups -OCH3 is 1. The maximum atomic E-state index is 12.7. The molecule has 0 radical (unpaired) electrons. The van der Waals surface area contributed by atoms with Crippen LogP contribution in [0.2, 0.25) is 0 Å². The van der Waals surface area contributed by atoms with Gasteiger partial charge in [-0.05, 0) is 37.0 Å². The summed E-state index contributed by atoms with van der Waals surface area (Å²) in [5.74, 6) is 1.72. The summed E-state index contributed by atoms with van der Waals surface area (Å²) in [6.45, 7) is 2.15. The van der Waals surface area contributed by atoms with Crippen LogP contribution >= 0.6 is 0 Å². The van der Waals surface area contributed by atoms with Crippen molar-refractivity contribution in [3.8, 4) is 5.75 Å². The number of piperidine rings is 1. The lowest BCUT2D eigenvalue weighted by Gasteiger charge is -2.32. The molecule has 2 N–H and O–H groups in total. The van der Waals surface area contributed by atoms with E-state index in [1.165, 1.54) is 11.9 Å². The van der Waals surface area contributed by atoms with E-state index in [9.17, 15) is 4.79 Å². The van der Waals surface area contributed by atoms with Crippen molar-refractivity contribution in [2.45, 2.75) is 19.3 Å². The molecule has 0 bridgehead atoms. The Bertz CT molecular complexity index is 939. The quantitative estimate of drug-likeness (QED) is 0.678. The number of carbonyl (C=O) groups is 1. The monoisotopic (exact) mass is 380 g/mol. The summed E-state index contributed by atoms with van der Waals surface area (Å²) in [6, 6.07) is 7.93. The molecular formula is C20H24N6O2. The number of aromatic nitrogens is 4. The van der Waals surface area contributed by atoms with Crippen molar-refractivity contribution in [3.05, 3.63) is 42.5 Å². The molecule has 1 aromatic carbocycles. The zero-order valence-electron chi connectivity index (χ0n) is 15.9. The molecule has 1 aliphatic rings. The van der Waals surface area contributed by atoms with Crippen molar-refractivity contribution in [3.63, 3.8) is 0 Å². The highest BCUT2D eigenvalue weighted by atomic mass is 16.5. The fourth-order valence-electron chi connectivity index (χ4n) is 3.64. The number of amides is 1. The van der Waals surface area contributed by atoms with Crippen LogP contribution in [0.5, 0.6) is 5.75 Å². The maximum absolute atomic E-state index is 12.7. The first kappa shape index (κ1) is 18.2. The fraction of sp³-hybridized carbons (Fsp3) is 0.400. The van der Waals surface area contributed by atoms with Crippen LogP contribution in [0.1, 0.15) is 18.4 Å². The van der Waals surface area contributed by atoms with Crippen LogP contribution in [-0.2, 0) is 11.2 Å². The van der Waals surface area contributed by atoms with Gasteiger partial charge in [0.15, 0.2) is 11.5 Å². The predicted molar refractivity (Wildman–Crippen MR) is 106 cm³/mol. The number of hydrogen-bond acceptors (Lipinski definition) is 6. The van der Waals surface area contributed by atoms with Crippen molar-refractivity contribution in [1.29, 1.82) is 0 Å². The largest absolute Gasteiger partial charge is 0.497 e. The standard InChI is InChI=1S/C20H24N6O2/c1-28-16-6-4-14(5-7-16)8-9-21-20(27)15-3-2-10-26(11-15)19-17-18(23-12-22-17)24-13-25-19/h4-7,12-13,15H,2-3,8-11H2,1H3,(H,21,27)(H,22,23,24,25). The van der Waals surface area contributed by atoms with E-state index in [0.717, 1.165) is 42.9 Å². The first-order chi connectivity index (χ1) is 13.7. The van der Waals surface area contributed by atoms with Crippen LogP contribution in [0.25, 0.3) is 11.2 Å². The van der Waals surface area contributed by atoms with Gasteiger partial charge in [-0.25, -0.2) is 15.0 Å². The molecule has 28 heavy (non-hydrogen) atoms. The SMILES string of the molecule is COc1ccc(CCNC(=O)C2CCCN(c3ncnc4nc[nH]c34)C2)cc1. The normalized spacial score (nSPS) is 16.9. The summed E-state index contributed by atoms with van der Waals surface area (Å²) in [7, 11) is 1.65. The highest BCUT2D eigenvalue weighted by Crippen LogP contribution is 2.25. The Hall–Kier alpha value is -3.16.